The number of amides is 1. The minimum Gasteiger partial charge on any atom is -0.496 e. The molecule has 8 nitrogen and oxygen atoms in total. The van der Waals surface area contributed by atoms with Crippen molar-refractivity contribution < 1.29 is 9.53 Å². The second-order valence-electron chi connectivity index (χ2n) is 5.66. The zero-order valence-corrected chi connectivity index (χ0v) is 14.5. The second-order valence-corrected chi connectivity index (χ2v) is 5.66. The van der Waals surface area contributed by atoms with Gasteiger partial charge in [-0.3, -0.25) is 14.9 Å². The van der Waals surface area contributed by atoms with Crippen molar-refractivity contribution in [3.63, 3.8) is 0 Å². The number of aromatic amines is 1. The standard InChI is InChI=1S/C18H20N6O2/c1-11-5-3-7-14(26-2)13(11)10-21-17-15(16(19)25)18(24-23-17)22-12-6-4-8-20-9-12/h3-9H,10H2,1-2H3,(H2,19,25)(H3,21,22,23,24). The van der Waals surface area contributed by atoms with Gasteiger partial charge in [-0.05, 0) is 30.7 Å². The fraction of sp³-hybridized carbons (Fsp3) is 0.167. The van der Waals surface area contributed by atoms with E-state index in [1.807, 2.05) is 31.2 Å². The first-order chi connectivity index (χ1) is 12.6. The van der Waals surface area contributed by atoms with Crippen LogP contribution >= 0.6 is 0 Å². The number of nitrogens with two attached hydrogens (primary N) is 1. The van der Waals surface area contributed by atoms with Gasteiger partial charge in [0.15, 0.2) is 5.82 Å². The van der Waals surface area contributed by atoms with E-state index in [2.05, 4.69) is 25.8 Å². The summed E-state index contributed by atoms with van der Waals surface area (Å²) in [7, 11) is 1.62. The summed E-state index contributed by atoms with van der Waals surface area (Å²) in [6.07, 6.45) is 3.30. The van der Waals surface area contributed by atoms with Gasteiger partial charge in [-0.15, -0.1) is 0 Å². The van der Waals surface area contributed by atoms with E-state index in [9.17, 15) is 4.79 Å². The van der Waals surface area contributed by atoms with Crippen molar-refractivity contribution in [2.24, 2.45) is 5.73 Å². The van der Waals surface area contributed by atoms with Crippen molar-refractivity contribution in [3.8, 4) is 5.75 Å². The summed E-state index contributed by atoms with van der Waals surface area (Å²) in [4.78, 5) is 16.0. The van der Waals surface area contributed by atoms with Gasteiger partial charge < -0.3 is 21.1 Å². The lowest BCUT2D eigenvalue weighted by Crippen LogP contribution is -2.15. The summed E-state index contributed by atoms with van der Waals surface area (Å²) < 4.78 is 5.40. The van der Waals surface area contributed by atoms with Crippen molar-refractivity contribution in [1.29, 1.82) is 0 Å². The number of benzene rings is 1. The van der Waals surface area contributed by atoms with Crippen molar-refractivity contribution in [2.45, 2.75) is 13.5 Å². The van der Waals surface area contributed by atoms with Crippen LogP contribution in [0.5, 0.6) is 5.75 Å². The number of primary amides is 1. The van der Waals surface area contributed by atoms with Crippen molar-refractivity contribution in [2.75, 3.05) is 17.7 Å². The third kappa shape index (κ3) is 3.59. The number of carbonyl (C=O) groups excluding carboxylic acids is 1. The molecule has 0 aliphatic rings. The number of methoxy groups -OCH3 is 1. The van der Waals surface area contributed by atoms with Gasteiger partial charge >= 0.3 is 0 Å². The van der Waals surface area contributed by atoms with Crippen LogP contribution in [-0.4, -0.2) is 28.2 Å². The number of H-pyrrole nitrogens is 1. The molecule has 0 bridgehead atoms. The van der Waals surface area contributed by atoms with Gasteiger partial charge in [0.25, 0.3) is 5.91 Å². The van der Waals surface area contributed by atoms with Gasteiger partial charge in [0, 0.05) is 18.3 Å². The van der Waals surface area contributed by atoms with Crippen LogP contribution in [0, 0.1) is 6.92 Å². The molecule has 1 aromatic carbocycles. The van der Waals surface area contributed by atoms with Crippen LogP contribution in [0.15, 0.2) is 42.7 Å². The van der Waals surface area contributed by atoms with Crippen LogP contribution in [0.4, 0.5) is 17.3 Å². The molecular weight excluding hydrogens is 332 g/mol. The third-order valence-corrected chi connectivity index (χ3v) is 3.96. The van der Waals surface area contributed by atoms with Crippen LogP contribution in [0.1, 0.15) is 21.5 Å². The zero-order chi connectivity index (χ0) is 18.5. The molecule has 0 unspecified atom stereocenters. The average molecular weight is 352 g/mol. The number of hydrogen-bond donors (Lipinski definition) is 4. The largest absolute Gasteiger partial charge is 0.496 e. The van der Waals surface area contributed by atoms with E-state index in [-0.39, 0.29) is 5.56 Å². The lowest BCUT2D eigenvalue weighted by Gasteiger charge is -2.12. The molecule has 2 aromatic heterocycles. The molecule has 0 saturated heterocycles. The number of hydrogen-bond acceptors (Lipinski definition) is 6. The van der Waals surface area contributed by atoms with E-state index >= 15 is 0 Å². The molecule has 0 radical (unpaired) electrons. The van der Waals surface area contributed by atoms with E-state index in [1.165, 1.54) is 0 Å². The summed E-state index contributed by atoms with van der Waals surface area (Å²) >= 11 is 0. The number of carbonyl (C=O) groups is 1. The van der Waals surface area contributed by atoms with E-state index < -0.39 is 5.91 Å². The van der Waals surface area contributed by atoms with Gasteiger partial charge in [0.05, 0.1) is 19.0 Å². The molecule has 134 valence electrons. The highest BCUT2D eigenvalue weighted by atomic mass is 16.5. The maximum atomic E-state index is 11.9. The number of ether oxygens (including phenoxy) is 1. The maximum Gasteiger partial charge on any atom is 0.256 e. The molecule has 3 rings (SSSR count). The van der Waals surface area contributed by atoms with Gasteiger partial charge in [-0.2, -0.15) is 5.10 Å². The van der Waals surface area contributed by atoms with Crippen molar-refractivity contribution >= 4 is 23.2 Å². The molecule has 0 atom stereocenters. The molecule has 3 aromatic rings. The normalized spacial score (nSPS) is 10.4. The molecule has 0 aliphatic carbocycles. The van der Waals surface area contributed by atoms with Gasteiger partial charge in [-0.25, -0.2) is 0 Å². The van der Waals surface area contributed by atoms with Crippen LogP contribution < -0.4 is 21.1 Å². The summed E-state index contributed by atoms with van der Waals surface area (Å²) in [6, 6.07) is 9.42. The Bertz CT molecular complexity index is 907. The minimum absolute atomic E-state index is 0.251. The average Bonchev–Trinajstić information content (AvgIpc) is 3.04. The minimum atomic E-state index is -0.593. The molecule has 0 spiro atoms. The molecule has 26 heavy (non-hydrogen) atoms. The Morgan fingerprint density at radius 3 is 2.85 bits per heavy atom. The zero-order valence-electron chi connectivity index (χ0n) is 14.5. The number of pyridine rings is 1. The van der Waals surface area contributed by atoms with Crippen molar-refractivity contribution in [3.05, 3.63) is 59.4 Å². The Hall–Kier alpha value is -3.55. The highest BCUT2D eigenvalue weighted by Gasteiger charge is 2.19. The SMILES string of the molecule is COc1cccc(C)c1CNc1n[nH]c(Nc2cccnc2)c1C(N)=O. The number of rotatable bonds is 7. The number of aryl methyl sites for hydroxylation is 1. The highest BCUT2D eigenvalue weighted by Crippen LogP contribution is 2.26. The summed E-state index contributed by atoms with van der Waals surface area (Å²) in [5, 5.41) is 13.2. The number of nitrogens with one attached hydrogen (secondary N) is 3. The fourth-order valence-electron chi connectivity index (χ4n) is 2.65. The first kappa shape index (κ1) is 17.3. The van der Waals surface area contributed by atoms with Crippen LogP contribution in [0.25, 0.3) is 0 Å². The number of nitrogens with zero attached hydrogens (tertiary/aromatic N) is 2. The van der Waals surface area contributed by atoms with Crippen LogP contribution in [-0.2, 0) is 6.54 Å². The smallest absolute Gasteiger partial charge is 0.256 e. The lowest BCUT2D eigenvalue weighted by molar-refractivity contribution is 0.100. The van der Waals surface area contributed by atoms with E-state index in [0.717, 1.165) is 16.9 Å². The third-order valence-electron chi connectivity index (χ3n) is 3.96. The van der Waals surface area contributed by atoms with Crippen LogP contribution in [0.2, 0.25) is 0 Å². The van der Waals surface area contributed by atoms with Gasteiger partial charge in [0.2, 0.25) is 0 Å². The van der Waals surface area contributed by atoms with E-state index in [4.69, 9.17) is 10.5 Å². The molecule has 5 N–H and O–H groups in total. The first-order valence-corrected chi connectivity index (χ1v) is 8.01. The molecule has 0 saturated carbocycles. The molecule has 0 aliphatic heterocycles. The monoisotopic (exact) mass is 352 g/mol. The number of anilines is 3. The molecule has 2 heterocycles. The Morgan fingerprint density at radius 2 is 2.15 bits per heavy atom. The first-order valence-electron chi connectivity index (χ1n) is 8.01. The lowest BCUT2D eigenvalue weighted by atomic mass is 10.1. The maximum absolute atomic E-state index is 11.9. The van der Waals surface area contributed by atoms with E-state index in [1.54, 1.807) is 25.6 Å². The Balaban J connectivity index is 1.84. The Kier molecular flexibility index (Phi) is 5.02. The fourth-order valence-corrected chi connectivity index (χ4v) is 2.65. The van der Waals surface area contributed by atoms with Gasteiger partial charge in [-0.1, -0.05) is 12.1 Å². The second kappa shape index (κ2) is 7.56. The van der Waals surface area contributed by atoms with E-state index in [0.29, 0.717) is 23.9 Å². The highest BCUT2D eigenvalue weighted by molar-refractivity contribution is 6.03. The molecular formula is C18H20N6O2. The molecule has 1 amide bonds. The molecule has 8 heteroatoms. The van der Waals surface area contributed by atoms with Gasteiger partial charge in [0.1, 0.15) is 17.1 Å². The summed E-state index contributed by atoms with van der Waals surface area (Å²) in [6.45, 7) is 2.43. The Morgan fingerprint density at radius 1 is 1.31 bits per heavy atom. The quantitative estimate of drug-likeness (QED) is 0.519. The molecule has 0 fully saturated rings. The summed E-state index contributed by atoms with van der Waals surface area (Å²) in [5.41, 5.74) is 8.57. The number of aromatic nitrogens is 3. The predicted octanol–water partition coefficient (Wildman–Crippen LogP) is 2.58. The van der Waals surface area contributed by atoms with Crippen LogP contribution in [0.3, 0.4) is 0 Å². The summed E-state index contributed by atoms with van der Waals surface area (Å²) in [5.74, 6) is 0.950. The predicted molar refractivity (Wildman–Crippen MR) is 99.7 cm³/mol. The Labute approximate surface area is 150 Å². The topological polar surface area (TPSA) is 118 Å². The van der Waals surface area contributed by atoms with Crippen molar-refractivity contribution in [1.82, 2.24) is 15.2 Å².